The van der Waals surface area contributed by atoms with Crippen molar-refractivity contribution in [2.45, 2.75) is 6.92 Å². The predicted octanol–water partition coefficient (Wildman–Crippen LogP) is 2.46. The number of nitrogens with one attached hydrogen (secondary N) is 1. The van der Waals surface area contributed by atoms with Crippen LogP contribution in [0.4, 0.5) is 10.7 Å². The number of aryl methyl sites for hydroxylation is 1. The Balaban J connectivity index is 2.23. The first-order valence-corrected chi connectivity index (χ1v) is 5.13. The Hall–Kier alpha value is -1.93. The van der Waals surface area contributed by atoms with Gasteiger partial charge >= 0.3 is 0 Å². The van der Waals surface area contributed by atoms with E-state index in [1.165, 1.54) is 17.1 Å². The molecule has 0 bridgehead atoms. The first-order chi connectivity index (χ1) is 7.29. The summed E-state index contributed by atoms with van der Waals surface area (Å²) < 4.78 is 3.71. The Bertz CT molecular complexity index is 495. The van der Waals surface area contributed by atoms with E-state index in [9.17, 15) is 0 Å². The summed E-state index contributed by atoms with van der Waals surface area (Å²) in [6, 6.07) is 9.90. The van der Waals surface area contributed by atoms with Crippen LogP contribution in [-0.4, -0.2) is 9.59 Å². The topological polar surface area (TPSA) is 61.6 Å². The number of aromatic nitrogens is 2. The molecule has 0 unspecified atom stereocenters. The maximum atomic E-state index is 8.74. The van der Waals surface area contributed by atoms with Crippen molar-refractivity contribution in [3.05, 3.63) is 35.5 Å². The van der Waals surface area contributed by atoms with Gasteiger partial charge in [0.05, 0.1) is 0 Å². The maximum Gasteiger partial charge on any atom is 0.199 e. The molecule has 0 spiro atoms. The monoisotopic (exact) mass is 216 g/mol. The number of benzene rings is 1. The van der Waals surface area contributed by atoms with E-state index in [2.05, 4.69) is 14.9 Å². The zero-order chi connectivity index (χ0) is 10.7. The Morgan fingerprint density at radius 2 is 2.07 bits per heavy atom. The summed E-state index contributed by atoms with van der Waals surface area (Å²) >= 11 is 1.18. The fraction of sp³-hybridized carbons (Fsp3) is 0.100. The van der Waals surface area contributed by atoms with Crippen LogP contribution >= 0.6 is 11.5 Å². The highest BCUT2D eigenvalue weighted by molar-refractivity contribution is 7.10. The Morgan fingerprint density at radius 1 is 1.33 bits per heavy atom. The van der Waals surface area contributed by atoms with E-state index in [1.807, 2.05) is 37.3 Å². The van der Waals surface area contributed by atoms with Crippen molar-refractivity contribution in [1.82, 2.24) is 9.59 Å². The number of nitrogens with zero attached hydrogens (tertiary/aromatic N) is 3. The standard InChI is InChI=1S/C10H8N4S/c1-7-2-4-8(5-3-7)12-10-9(6-11)13-14-15-10/h2-5,12H,1H3. The van der Waals surface area contributed by atoms with Gasteiger partial charge in [-0.15, -0.1) is 5.10 Å². The molecule has 0 radical (unpaired) electrons. The molecule has 0 atom stereocenters. The van der Waals surface area contributed by atoms with Crippen molar-refractivity contribution < 1.29 is 0 Å². The maximum absolute atomic E-state index is 8.74. The van der Waals surface area contributed by atoms with Crippen LogP contribution in [0.25, 0.3) is 0 Å². The predicted molar refractivity (Wildman–Crippen MR) is 59.1 cm³/mol. The SMILES string of the molecule is Cc1ccc(Nc2snnc2C#N)cc1. The quantitative estimate of drug-likeness (QED) is 0.837. The van der Waals surface area contributed by atoms with Gasteiger partial charge < -0.3 is 5.32 Å². The highest BCUT2D eigenvalue weighted by Gasteiger charge is 2.06. The van der Waals surface area contributed by atoms with Crippen LogP contribution < -0.4 is 5.32 Å². The molecule has 1 N–H and O–H groups in total. The van der Waals surface area contributed by atoms with Crippen LogP contribution in [0, 0.1) is 18.3 Å². The third kappa shape index (κ3) is 2.11. The van der Waals surface area contributed by atoms with Crippen LogP contribution in [0.3, 0.4) is 0 Å². The Morgan fingerprint density at radius 3 is 2.73 bits per heavy atom. The van der Waals surface area contributed by atoms with Gasteiger partial charge in [-0.2, -0.15) is 5.26 Å². The molecular weight excluding hydrogens is 208 g/mol. The molecule has 1 aromatic heterocycles. The van der Waals surface area contributed by atoms with Gasteiger partial charge in [0.15, 0.2) is 10.7 Å². The first-order valence-electron chi connectivity index (χ1n) is 4.36. The van der Waals surface area contributed by atoms with Crippen LogP contribution in [0.1, 0.15) is 11.3 Å². The normalized spacial score (nSPS) is 9.60. The summed E-state index contributed by atoms with van der Waals surface area (Å²) in [5.74, 6) is 0. The van der Waals surface area contributed by atoms with Crippen molar-refractivity contribution >= 4 is 22.2 Å². The number of hydrogen-bond acceptors (Lipinski definition) is 5. The third-order valence-corrected chi connectivity index (χ3v) is 2.54. The number of nitriles is 1. The lowest BCUT2D eigenvalue weighted by Crippen LogP contribution is -1.90. The summed E-state index contributed by atoms with van der Waals surface area (Å²) in [7, 11) is 0. The molecule has 0 saturated heterocycles. The molecule has 1 heterocycles. The summed E-state index contributed by atoms with van der Waals surface area (Å²) in [4.78, 5) is 0. The molecule has 74 valence electrons. The highest BCUT2D eigenvalue weighted by atomic mass is 32.1. The Kier molecular flexibility index (Phi) is 2.61. The van der Waals surface area contributed by atoms with E-state index < -0.39 is 0 Å². The molecule has 2 rings (SSSR count). The second-order valence-electron chi connectivity index (χ2n) is 3.05. The molecule has 0 saturated carbocycles. The minimum atomic E-state index is 0.334. The molecule has 0 amide bonds. The molecule has 0 fully saturated rings. The first kappa shape index (κ1) is 9.62. The van der Waals surface area contributed by atoms with Crippen molar-refractivity contribution in [3.8, 4) is 6.07 Å². The van der Waals surface area contributed by atoms with Crippen LogP contribution in [-0.2, 0) is 0 Å². The second kappa shape index (κ2) is 4.07. The van der Waals surface area contributed by atoms with Gasteiger partial charge in [0.1, 0.15) is 6.07 Å². The molecule has 15 heavy (non-hydrogen) atoms. The van der Waals surface area contributed by atoms with Gasteiger partial charge in [0.2, 0.25) is 0 Å². The minimum Gasteiger partial charge on any atom is -0.343 e. The van der Waals surface area contributed by atoms with Gasteiger partial charge in [-0.25, -0.2) is 0 Å². The number of hydrogen-bond donors (Lipinski definition) is 1. The zero-order valence-electron chi connectivity index (χ0n) is 8.06. The lowest BCUT2D eigenvalue weighted by atomic mass is 10.2. The van der Waals surface area contributed by atoms with Gasteiger partial charge in [0.25, 0.3) is 0 Å². The molecular formula is C10H8N4S. The van der Waals surface area contributed by atoms with Crippen molar-refractivity contribution in [2.75, 3.05) is 5.32 Å². The van der Waals surface area contributed by atoms with Gasteiger partial charge in [-0.3, -0.25) is 0 Å². The molecule has 2 aromatic rings. The van der Waals surface area contributed by atoms with E-state index in [-0.39, 0.29) is 0 Å². The highest BCUT2D eigenvalue weighted by Crippen LogP contribution is 2.22. The molecule has 0 aliphatic rings. The summed E-state index contributed by atoms with van der Waals surface area (Å²) in [5.41, 5.74) is 2.47. The molecule has 4 nitrogen and oxygen atoms in total. The number of anilines is 2. The van der Waals surface area contributed by atoms with Crippen molar-refractivity contribution in [2.24, 2.45) is 0 Å². The smallest absolute Gasteiger partial charge is 0.199 e. The molecule has 5 heteroatoms. The summed E-state index contributed by atoms with van der Waals surface area (Å²) in [6.45, 7) is 2.03. The zero-order valence-corrected chi connectivity index (χ0v) is 8.88. The summed E-state index contributed by atoms with van der Waals surface area (Å²) in [6.07, 6.45) is 0. The van der Waals surface area contributed by atoms with E-state index in [4.69, 9.17) is 5.26 Å². The van der Waals surface area contributed by atoms with Gasteiger partial charge in [0, 0.05) is 17.2 Å². The van der Waals surface area contributed by atoms with E-state index in [0.717, 1.165) is 5.69 Å². The van der Waals surface area contributed by atoms with Crippen LogP contribution in [0.5, 0.6) is 0 Å². The van der Waals surface area contributed by atoms with Gasteiger partial charge in [-0.05, 0) is 19.1 Å². The van der Waals surface area contributed by atoms with Crippen LogP contribution in [0.15, 0.2) is 24.3 Å². The molecule has 1 aromatic carbocycles. The fourth-order valence-electron chi connectivity index (χ4n) is 1.11. The van der Waals surface area contributed by atoms with E-state index in [0.29, 0.717) is 10.7 Å². The van der Waals surface area contributed by atoms with Crippen LogP contribution in [0.2, 0.25) is 0 Å². The van der Waals surface area contributed by atoms with Crippen molar-refractivity contribution in [3.63, 3.8) is 0 Å². The summed E-state index contributed by atoms with van der Waals surface area (Å²) in [5, 5.41) is 16.2. The van der Waals surface area contributed by atoms with E-state index >= 15 is 0 Å². The lowest BCUT2D eigenvalue weighted by Gasteiger charge is -2.02. The largest absolute Gasteiger partial charge is 0.343 e. The minimum absolute atomic E-state index is 0.334. The average molecular weight is 216 g/mol. The fourth-order valence-corrected chi connectivity index (χ4v) is 1.65. The Labute approximate surface area is 91.4 Å². The number of rotatable bonds is 2. The van der Waals surface area contributed by atoms with Gasteiger partial charge in [-0.1, -0.05) is 22.2 Å². The molecule has 0 aliphatic heterocycles. The van der Waals surface area contributed by atoms with E-state index in [1.54, 1.807) is 0 Å². The third-order valence-electron chi connectivity index (χ3n) is 1.90. The van der Waals surface area contributed by atoms with Crippen molar-refractivity contribution in [1.29, 1.82) is 5.26 Å². The molecule has 0 aliphatic carbocycles. The average Bonchev–Trinajstić information content (AvgIpc) is 2.69. The lowest BCUT2D eigenvalue weighted by molar-refractivity contribution is 1.13. The second-order valence-corrected chi connectivity index (χ2v) is 3.81.